The highest BCUT2D eigenvalue weighted by Gasteiger charge is 2.19. The van der Waals surface area contributed by atoms with Gasteiger partial charge in [0.25, 0.3) is 0 Å². The minimum Gasteiger partial charge on any atom is -0.491 e. The summed E-state index contributed by atoms with van der Waals surface area (Å²) >= 11 is 5.39. The molecule has 0 bridgehead atoms. The molecule has 1 nitrogen and oxygen atoms in total. The molecule has 0 spiro atoms. The normalized spacial score (nSPS) is 13.3. The Kier molecular flexibility index (Phi) is 3.26. The van der Waals surface area contributed by atoms with E-state index < -0.39 is 0 Å². The van der Waals surface area contributed by atoms with Crippen molar-refractivity contribution in [2.45, 2.75) is 32.8 Å². The van der Waals surface area contributed by atoms with Gasteiger partial charge in [-0.2, -0.15) is 0 Å². The lowest BCUT2D eigenvalue weighted by Gasteiger charge is -2.18. The van der Waals surface area contributed by atoms with Crippen LogP contribution >= 0.6 is 32.9 Å². The van der Waals surface area contributed by atoms with Crippen LogP contribution in [-0.2, 0) is 12.8 Å². The molecule has 1 aliphatic rings. The van der Waals surface area contributed by atoms with Crippen LogP contribution < -0.4 is 4.74 Å². The lowest BCUT2D eigenvalue weighted by Crippen LogP contribution is -2.07. The van der Waals surface area contributed by atoms with Gasteiger partial charge < -0.3 is 4.74 Å². The zero-order valence-corrected chi connectivity index (χ0v) is 12.8. The van der Waals surface area contributed by atoms with Crippen LogP contribution in [0.3, 0.4) is 0 Å². The summed E-state index contributed by atoms with van der Waals surface area (Å²) in [5.74, 6) is 0.978. The second kappa shape index (κ2) is 4.76. The van der Waals surface area contributed by atoms with Crippen LogP contribution in [0.1, 0.15) is 25.0 Å². The Morgan fingerprint density at radius 2 is 2.06 bits per heavy atom. The highest BCUT2D eigenvalue weighted by atomic mass is 32.9. The summed E-state index contributed by atoms with van der Waals surface area (Å²) in [6, 6.07) is 6.44. The molecular formula is C14H14OS3. The first kappa shape index (κ1) is 12.3. The second-order valence-corrected chi connectivity index (χ2v) is 7.56. The average Bonchev–Trinajstić information content (AvgIpc) is 2.70. The number of ether oxygens (including phenoxy) is 1. The molecule has 18 heavy (non-hydrogen) atoms. The predicted molar refractivity (Wildman–Crippen MR) is 81.6 cm³/mol. The fourth-order valence-electron chi connectivity index (χ4n) is 2.30. The molecule has 1 heterocycles. The number of rotatable bonds is 2. The molecular weight excluding hydrogens is 280 g/mol. The van der Waals surface area contributed by atoms with Gasteiger partial charge in [0.15, 0.2) is 0 Å². The first-order valence-corrected chi connectivity index (χ1v) is 8.63. The SMILES string of the molecule is CC(C)Oc1ccc2c(c1)CCc1c-2ssc1=S. The van der Waals surface area contributed by atoms with Crippen LogP contribution in [0, 0.1) is 3.82 Å². The van der Waals surface area contributed by atoms with Gasteiger partial charge in [-0.25, -0.2) is 0 Å². The fraction of sp³-hybridized carbons (Fsp3) is 0.357. The van der Waals surface area contributed by atoms with Crippen LogP contribution in [0.25, 0.3) is 10.4 Å². The third-order valence-corrected chi connectivity index (χ3v) is 6.24. The van der Waals surface area contributed by atoms with Crippen LogP contribution in [0.15, 0.2) is 18.2 Å². The van der Waals surface area contributed by atoms with Crippen LogP contribution in [0.4, 0.5) is 0 Å². The van der Waals surface area contributed by atoms with Crippen LogP contribution in [0.5, 0.6) is 5.75 Å². The molecule has 0 saturated heterocycles. The maximum atomic E-state index is 5.76. The van der Waals surface area contributed by atoms with Crippen molar-refractivity contribution in [2.24, 2.45) is 0 Å². The van der Waals surface area contributed by atoms with E-state index in [-0.39, 0.29) is 6.10 Å². The Morgan fingerprint density at radius 1 is 1.22 bits per heavy atom. The summed E-state index contributed by atoms with van der Waals surface area (Å²) < 4.78 is 6.83. The monoisotopic (exact) mass is 294 g/mol. The number of fused-ring (bicyclic) bond motifs is 3. The summed E-state index contributed by atoms with van der Waals surface area (Å²) in [5.41, 5.74) is 4.12. The summed E-state index contributed by atoms with van der Waals surface area (Å²) in [4.78, 5) is 1.38. The van der Waals surface area contributed by atoms with Gasteiger partial charge >= 0.3 is 0 Å². The predicted octanol–water partition coefficient (Wildman–Crippen LogP) is 5.09. The largest absolute Gasteiger partial charge is 0.491 e. The quantitative estimate of drug-likeness (QED) is 0.563. The van der Waals surface area contributed by atoms with E-state index in [1.54, 1.807) is 10.3 Å². The minimum absolute atomic E-state index is 0.227. The molecule has 0 radical (unpaired) electrons. The van der Waals surface area contributed by atoms with Crippen LogP contribution in [-0.4, -0.2) is 6.10 Å². The van der Waals surface area contributed by atoms with Gasteiger partial charge in [-0.05, 0) is 56.0 Å². The Morgan fingerprint density at radius 3 is 2.83 bits per heavy atom. The lowest BCUT2D eigenvalue weighted by molar-refractivity contribution is 0.242. The minimum atomic E-state index is 0.227. The summed E-state index contributed by atoms with van der Waals surface area (Å²) in [7, 11) is 3.53. The summed E-state index contributed by atoms with van der Waals surface area (Å²) in [6.45, 7) is 4.12. The molecule has 1 aromatic heterocycles. The van der Waals surface area contributed by atoms with Crippen molar-refractivity contribution in [3.63, 3.8) is 0 Å². The van der Waals surface area contributed by atoms with Gasteiger partial charge in [-0.3, -0.25) is 0 Å². The van der Waals surface area contributed by atoms with Gasteiger partial charge in [0.1, 0.15) is 9.57 Å². The average molecular weight is 294 g/mol. The van der Waals surface area contributed by atoms with Gasteiger partial charge in [0.05, 0.1) is 11.0 Å². The van der Waals surface area contributed by atoms with Crippen molar-refractivity contribution >= 4 is 32.9 Å². The van der Waals surface area contributed by atoms with Crippen molar-refractivity contribution < 1.29 is 4.74 Å². The van der Waals surface area contributed by atoms with E-state index in [9.17, 15) is 0 Å². The van der Waals surface area contributed by atoms with Crippen molar-refractivity contribution in [1.82, 2.24) is 0 Å². The Labute approximate surface area is 119 Å². The van der Waals surface area contributed by atoms with E-state index in [0.717, 1.165) is 22.4 Å². The molecule has 0 fully saturated rings. The standard InChI is InChI=1S/C14H14OS3/c1-8(2)15-10-4-6-11-9(7-10)3-5-12-13(11)17-18-14(12)16/h4,6-8H,3,5H2,1-2H3. The molecule has 0 unspecified atom stereocenters. The fourth-order valence-corrected chi connectivity index (χ4v) is 5.35. The smallest absolute Gasteiger partial charge is 0.120 e. The number of benzene rings is 1. The lowest BCUT2D eigenvalue weighted by atomic mass is 9.92. The topological polar surface area (TPSA) is 9.23 Å². The second-order valence-electron chi connectivity index (χ2n) is 4.75. The van der Waals surface area contributed by atoms with E-state index in [4.69, 9.17) is 17.0 Å². The number of hydrogen-bond acceptors (Lipinski definition) is 4. The Balaban J connectivity index is 2.05. The molecule has 94 valence electrons. The van der Waals surface area contributed by atoms with Crippen molar-refractivity contribution in [1.29, 1.82) is 0 Å². The van der Waals surface area contributed by atoms with E-state index in [2.05, 4.69) is 32.0 Å². The highest BCUT2D eigenvalue weighted by molar-refractivity contribution is 7.80. The third kappa shape index (κ3) is 2.13. The Bertz CT molecular complexity index is 637. The zero-order chi connectivity index (χ0) is 12.7. The molecule has 3 rings (SSSR count). The van der Waals surface area contributed by atoms with Crippen molar-refractivity contribution in [2.75, 3.05) is 0 Å². The van der Waals surface area contributed by atoms with Crippen molar-refractivity contribution in [3.05, 3.63) is 33.1 Å². The zero-order valence-electron chi connectivity index (χ0n) is 10.4. The molecule has 2 aromatic rings. The first-order valence-electron chi connectivity index (χ1n) is 6.07. The van der Waals surface area contributed by atoms with E-state index >= 15 is 0 Å². The first-order chi connectivity index (χ1) is 8.65. The third-order valence-electron chi connectivity index (χ3n) is 3.06. The Hall–Kier alpha value is -0.710. The summed E-state index contributed by atoms with van der Waals surface area (Å²) in [6.07, 6.45) is 2.38. The molecule has 4 heteroatoms. The van der Waals surface area contributed by atoms with Gasteiger partial charge in [0, 0.05) is 5.56 Å². The molecule has 1 aliphatic carbocycles. The maximum absolute atomic E-state index is 5.76. The number of hydrogen-bond donors (Lipinski definition) is 0. The van der Waals surface area contributed by atoms with Gasteiger partial charge in [0.2, 0.25) is 0 Å². The number of aryl methyl sites for hydroxylation is 1. The molecule has 0 N–H and O–H groups in total. The maximum Gasteiger partial charge on any atom is 0.120 e. The van der Waals surface area contributed by atoms with Gasteiger partial charge in [-0.15, -0.1) is 0 Å². The van der Waals surface area contributed by atoms with Crippen molar-refractivity contribution in [3.8, 4) is 16.2 Å². The van der Waals surface area contributed by atoms with Gasteiger partial charge in [-0.1, -0.05) is 32.9 Å². The summed E-state index contributed by atoms with van der Waals surface area (Å²) in [5, 5.41) is 0. The molecule has 0 aliphatic heterocycles. The highest BCUT2D eigenvalue weighted by Crippen LogP contribution is 2.41. The molecule has 1 aromatic carbocycles. The molecule has 0 amide bonds. The van der Waals surface area contributed by atoms with E-state index in [1.807, 2.05) is 10.3 Å². The van der Waals surface area contributed by atoms with E-state index in [1.165, 1.54) is 21.6 Å². The molecule has 0 atom stereocenters. The van der Waals surface area contributed by atoms with E-state index in [0.29, 0.717) is 0 Å². The van der Waals surface area contributed by atoms with Crippen LogP contribution in [0.2, 0.25) is 0 Å². The molecule has 0 saturated carbocycles.